The van der Waals surface area contributed by atoms with Crippen LogP contribution in [0.25, 0.3) is 11.1 Å². The van der Waals surface area contributed by atoms with Crippen molar-refractivity contribution in [1.29, 1.82) is 0 Å². The number of aliphatic hydroxyl groups is 1. The lowest BCUT2D eigenvalue weighted by Crippen LogP contribution is -1.99. The first-order valence-corrected chi connectivity index (χ1v) is 5.46. The summed E-state index contributed by atoms with van der Waals surface area (Å²) in [5, 5.41) is 8.93. The lowest BCUT2D eigenvalue weighted by atomic mass is 9.99. The van der Waals surface area contributed by atoms with Gasteiger partial charge in [0.15, 0.2) is 0 Å². The van der Waals surface area contributed by atoms with E-state index in [1.807, 2.05) is 24.3 Å². The van der Waals surface area contributed by atoms with Crippen LogP contribution in [0.5, 0.6) is 0 Å². The van der Waals surface area contributed by atoms with Gasteiger partial charge in [-0.25, -0.2) is 4.39 Å². The van der Waals surface area contributed by atoms with Crippen LogP contribution < -0.4 is 5.73 Å². The molecule has 0 bridgehead atoms. The van der Waals surface area contributed by atoms with Gasteiger partial charge in [0.1, 0.15) is 5.82 Å². The van der Waals surface area contributed by atoms with Gasteiger partial charge in [-0.3, -0.25) is 0 Å². The Bertz CT molecular complexity index is 525. The van der Waals surface area contributed by atoms with E-state index in [0.717, 1.165) is 16.7 Å². The fraction of sp³-hybridized carbons (Fsp3) is 0.143. The van der Waals surface area contributed by atoms with Crippen molar-refractivity contribution in [2.75, 3.05) is 12.3 Å². The van der Waals surface area contributed by atoms with E-state index in [2.05, 4.69) is 0 Å². The second kappa shape index (κ2) is 4.97. The maximum atomic E-state index is 13.2. The van der Waals surface area contributed by atoms with Gasteiger partial charge in [0.05, 0.1) is 0 Å². The molecule has 2 nitrogen and oxygen atoms in total. The second-order valence-electron chi connectivity index (χ2n) is 3.86. The number of hydrogen-bond acceptors (Lipinski definition) is 2. The SMILES string of the molecule is Nc1c(CCO)cccc1-c1cccc(F)c1. The topological polar surface area (TPSA) is 46.2 Å². The number of anilines is 1. The molecule has 0 amide bonds. The molecule has 0 fully saturated rings. The van der Waals surface area contributed by atoms with E-state index < -0.39 is 0 Å². The minimum Gasteiger partial charge on any atom is -0.398 e. The molecule has 17 heavy (non-hydrogen) atoms. The van der Waals surface area contributed by atoms with E-state index in [1.165, 1.54) is 12.1 Å². The minimum absolute atomic E-state index is 0.0524. The minimum atomic E-state index is -0.283. The summed E-state index contributed by atoms with van der Waals surface area (Å²) < 4.78 is 13.2. The van der Waals surface area contributed by atoms with Crippen molar-refractivity contribution >= 4 is 5.69 Å². The van der Waals surface area contributed by atoms with E-state index in [1.54, 1.807) is 6.07 Å². The average molecular weight is 231 g/mol. The molecule has 0 unspecified atom stereocenters. The van der Waals surface area contributed by atoms with Crippen LogP contribution in [0, 0.1) is 5.82 Å². The van der Waals surface area contributed by atoms with Crippen LogP contribution in [0.15, 0.2) is 42.5 Å². The summed E-state index contributed by atoms with van der Waals surface area (Å²) in [7, 11) is 0. The molecule has 3 N–H and O–H groups in total. The summed E-state index contributed by atoms with van der Waals surface area (Å²) >= 11 is 0. The largest absolute Gasteiger partial charge is 0.398 e. The lowest BCUT2D eigenvalue weighted by molar-refractivity contribution is 0.300. The van der Waals surface area contributed by atoms with Gasteiger partial charge < -0.3 is 10.8 Å². The van der Waals surface area contributed by atoms with Crippen LogP contribution in [0.4, 0.5) is 10.1 Å². The summed E-state index contributed by atoms with van der Waals surface area (Å²) in [6.45, 7) is 0.0524. The third kappa shape index (κ3) is 2.45. The number of benzene rings is 2. The molecule has 0 aliphatic carbocycles. The van der Waals surface area contributed by atoms with Crippen LogP contribution in [-0.4, -0.2) is 11.7 Å². The molecule has 0 aliphatic heterocycles. The Labute approximate surface area is 99.5 Å². The Kier molecular flexibility index (Phi) is 3.40. The highest BCUT2D eigenvalue weighted by atomic mass is 19.1. The first-order chi connectivity index (χ1) is 8.22. The standard InChI is InChI=1S/C14H14FNO/c15-12-5-1-4-11(9-12)13-6-2-3-10(7-8-17)14(13)16/h1-6,9,17H,7-8,16H2. The first kappa shape index (κ1) is 11.6. The summed E-state index contributed by atoms with van der Waals surface area (Å²) in [5.41, 5.74) is 9.06. The molecule has 0 spiro atoms. The smallest absolute Gasteiger partial charge is 0.123 e. The third-order valence-corrected chi connectivity index (χ3v) is 2.71. The van der Waals surface area contributed by atoms with Crippen molar-refractivity contribution in [3.8, 4) is 11.1 Å². The molecule has 0 saturated carbocycles. The quantitative estimate of drug-likeness (QED) is 0.797. The van der Waals surface area contributed by atoms with Crippen LogP contribution in [0.2, 0.25) is 0 Å². The third-order valence-electron chi connectivity index (χ3n) is 2.71. The number of rotatable bonds is 3. The number of hydrogen-bond donors (Lipinski definition) is 2. The molecule has 88 valence electrons. The van der Waals surface area contributed by atoms with E-state index in [0.29, 0.717) is 12.1 Å². The highest BCUT2D eigenvalue weighted by Crippen LogP contribution is 2.29. The molecule has 2 rings (SSSR count). The fourth-order valence-corrected chi connectivity index (χ4v) is 1.86. The molecule has 0 aliphatic rings. The van der Waals surface area contributed by atoms with Crippen molar-refractivity contribution in [3.05, 3.63) is 53.8 Å². The van der Waals surface area contributed by atoms with E-state index >= 15 is 0 Å². The van der Waals surface area contributed by atoms with E-state index in [9.17, 15) is 4.39 Å². The van der Waals surface area contributed by atoms with Gasteiger partial charge in [0.25, 0.3) is 0 Å². The Morgan fingerprint density at radius 2 is 1.88 bits per heavy atom. The highest BCUT2D eigenvalue weighted by molar-refractivity contribution is 5.78. The monoisotopic (exact) mass is 231 g/mol. The van der Waals surface area contributed by atoms with Gasteiger partial charge in [-0.1, -0.05) is 30.3 Å². The van der Waals surface area contributed by atoms with Crippen LogP contribution in [0.3, 0.4) is 0 Å². The van der Waals surface area contributed by atoms with Crippen LogP contribution >= 0.6 is 0 Å². The zero-order chi connectivity index (χ0) is 12.3. The van der Waals surface area contributed by atoms with Gasteiger partial charge in [-0.05, 0) is 29.7 Å². The van der Waals surface area contributed by atoms with E-state index in [-0.39, 0.29) is 12.4 Å². The van der Waals surface area contributed by atoms with Crippen molar-refractivity contribution in [1.82, 2.24) is 0 Å². The number of halogens is 1. The van der Waals surface area contributed by atoms with Gasteiger partial charge >= 0.3 is 0 Å². The van der Waals surface area contributed by atoms with Crippen molar-refractivity contribution < 1.29 is 9.50 Å². The lowest BCUT2D eigenvalue weighted by Gasteiger charge is -2.10. The zero-order valence-corrected chi connectivity index (χ0v) is 9.36. The van der Waals surface area contributed by atoms with Gasteiger partial charge in [0.2, 0.25) is 0 Å². The van der Waals surface area contributed by atoms with Gasteiger partial charge in [-0.15, -0.1) is 0 Å². The Hall–Kier alpha value is -1.87. The maximum Gasteiger partial charge on any atom is 0.123 e. The molecule has 0 atom stereocenters. The second-order valence-corrected chi connectivity index (χ2v) is 3.86. The number of aliphatic hydroxyl groups excluding tert-OH is 1. The Morgan fingerprint density at radius 1 is 1.12 bits per heavy atom. The summed E-state index contributed by atoms with van der Waals surface area (Å²) in [5.74, 6) is -0.283. The fourth-order valence-electron chi connectivity index (χ4n) is 1.86. The van der Waals surface area contributed by atoms with Crippen LogP contribution in [0.1, 0.15) is 5.56 Å². The molecule has 0 saturated heterocycles. The molecule has 2 aromatic rings. The van der Waals surface area contributed by atoms with Crippen molar-refractivity contribution in [2.45, 2.75) is 6.42 Å². The van der Waals surface area contributed by atoms with Crippen molar-refractivity contribution in [2.24, 2.45) is 0 Å². The zero-order valence-electron chi connectivity index (χ0n) is 9.36. The Morgan fingerprint density at radius 3 is 2.59 bits per heavy atom. The molecule has 2 aromatic carbocycles. The molecule has 3 heteroatoms. The normalized spacial score (nSPS) is 10.5. The maximum absolute atomic E-state index is 13.2. The number of nitrogen functional groups attached to an aromatic ring is 1. The summed E-state index contributed by atoms with van der Waals surface area (Å²) in [6.07, 6.45) is 0.509. The van der Waals surface area contributed by atoms with E-state index in [4.69, 9.17) is 10.8 Å². The molecule has 0 radical (unpaired) electrons. The van der Waals surface area contributed by atoms with Gasteiger partial charge in [-0.2, -0.15) is 0 Å². The van der Waals surface area contributed by atoms with Crippen LogP contribution in [-0.2, 0) is 6.42 Å². The number of nitrogens with two attached hydrogens (primary N) is 1. The average Bonchev–Trinajstić information content (AvgIpc) is 2.32. The highest BCUT2D eigenvalue weighted by Gasteiger charge is 2.07. The Balaban J connectivity index is 2.49. The molecule has 0 aromatic heterocycles. The predicted octanol–water partition coefficient (Wildman–Crippen LogP) is 2.61. The summed E-state index contributed by atoms with van der Waals surface area (Å²) in [6, 6.07) is 11.9. The van der Waals surface area contributed by atoms with Gasteiger partial charge in [0, 0.05) is 17.9 Å². The molecular formula is C14H14FNO. The molecule has 0 heterocycles. The first-order valence-electron chi connectivity index (χ1n) is 5.46. The summed E-state index contributed by atoms with van der Waals surface area (Å²) in [4.78, 5) is 0. The number of para-hydroxylation sites is 1. The van der Waals surface area contributed by atoms with Crippen molar-refractivity contribution in [3.63, 3.8) is 0 Å². The molecular weight excluding hydrogens is 217 g/mol. The predicted molar refractivity (Wildman–Crippen MR) is 67.0 cm³/mol.